The molecule has 0 fully saturated rings. The molecular formula is C32H23FN2O4S2. The van der Waals surface area contributed by atoms with Crippen LogP contribution in [0.2, 0.25) is 0 Å². The van der Waals surface area contributed by atoms with Crippen LogP contribution in [0.15, 0.2) is 83.1 Å². The first-order chi connectivity index (χ1) is 19.4. The van der Waals surface area contributed by atoms with Crippen molar-refractivity contribution >= 4 is 38.2 Å². The SMILES string of the molecule is Cc1ccc(S(=O)(=O)n2c(-c3cccc(C#CC(C)(C)C(=O)O)c3)c(-c3ccsc3C#N)c3cc(F)ccc32)cc1. The molecule has 5 aromatic rings. The van der Waals surface area contributed by atoms with Crippen LogP contribution in [-0.4, -0.2) is 23.5 Å². The van der Waals surface area contributed by atoms with Crippen LogP contribution in [0.1, 0.15) is 29.9 Å². The number of nitrogens with zero attached hydrogens (tertiary/aromatic N) is 2. The van der Waals surface area contributed by atoms with Crippen molar-refractivity contribution < 1.29 is 22.7 Å². The van der Waals surface area contributed by atoms with Crippen LogP contribution in [0, 0.1) is 41.3 Å². The predicted molar refractivity (Wildman–Crippen MR) is 157 cm³/mol. The van der Waals surface area contributed by atoms with E-state index in [2.05, 4.69) is 17.9 Å². The van der Waals surface area contributed by atoms with Crippen LogP contribution >= 0.6 is 11.3 Å². The third-order valence-corrected chi connectivity index (χ3v) is 9.22. The Kier molecular flexibility index (Phi) is 7.04. The van der Waals surface area contributed by atoms with E-state index in [1.807, 2.05) is 6.92 Å². The minimum Gasteiger partial charge on any atom is -0.480 e. The van der Waals surface area contributed by atoms with Crippen molar-refractivity contribution in [2.75, 3.05) is 0 Å². The number of halogens is 1. The van der Waals surface area contributed by atoms with Gasteiger partial charge in [-0.25, -0.2) is 16.8 Å². The Morgan fingerprint density at radius 1 is 1.05 bits per heavy atom. The molecule has 41 heavy (non-hydrogen) atoms. The maximum Gasteiger partial charge on any atom is 0.321 e. The van der Waals surface area contributed by atoms with Crippen LogP contribution in [0.5, 0.6) is 0 Å². The second-order valence-corrected chi connectivity index (χ2v) is 12.7. The first kappa shape index (κ1) is 27.9. The summed E-state index contributed by atoms with van der Waals surface area (Å²) in [6.07, 6.45) is 0. The molecule has 0 aliphatic heterocycles. The molecule has 0 bridgehead atoms. The summed E-state index contributed by atoms with van der Waals surface area (Å²) >= 11 is 1.20. The lowest BCUT2D eigenvalue weighted by Crippen LogP contribution is -2.21. The van der Waals surface area contributed by atoms with Gasteiger partial charge in [0.05, 0.1) is 16.1 Å². The number of rotatable bonds is 5. The fourth-order valence-corrected chi connectivity index (χ4v) is 6.69. The minimum atomic E-state index is -4.22. The number of carboxylic acid groups (broad SMARTS) is 1. The Morgan fingerprint density at radius 2 is 1.78 bits per heavy atom. The van der Waals surface area contributed by atoms with Gasteiger partial charge in [-0.15, -0.1) is 11.3 Å². The summed E-state index contributed by atoms with van der Waals surface area (Å²) in [5.74, 6) is 4.02. The number of thiophene rings is 1. The van der Waals surface area contributed by atoms with E-state index in [1.165, 1.54) is 59.5 Å². The standard InChI is InChI=1S/C32H23FN2O4S2/c1-20-7-10-24(11-8-20)41(38,39)35-27-12-9-23(33)18-26(27)29(25-14-16-40-28(25)19-34)30(35)22-6-4-5-21(17-22)13-15-32(2,3)31(36)37/h4-12,14,16-18H,1-3H3,(H,36,37). The van der Waals surface area contributed by atoms with E-state index in [-0.39, 0.29) is 16.1 Å². The lowest BCUT2D eigenvalue weighted by Gasteiger charge is -2.14. The van der Waals surface area contributed by atoms with Gasteiger partial charge in [0, 0.05) is 27.6 Å². The molecule has 204 valence electrons. The van der Waals surface area contributed by atoms with Crippen LogP contribution < -0.4 is 0 Å². The molecule has 0 aliphatic carbocycles. The topological polar surface area (TPSA) is 100 Å². The normalized spacial score (nSPS) is 11.6. The van der Waals surface area contributed by atoms with E-state index in [1.54, 1.807) is 47.8 Å². The highest BCUT2D eigenvalue weighted by Gasteiger charge is 2.30. The van der Waals surface area contributed by atoms with Crippen LogP contribution in [0.4, 0.5) is 4.39 Å². The zero-order valence-corrected chi connectivity index (χ0v) is 23.9. The number of hydrogen-bond acceptors (Lipinski definition) is 5. The number of carbonyl (C=O) groups is 1. The van der Waals surface area contributed by atoms with Crippen molar-refractivity contribution in [2.24, 2.45) is 5.41 Å². The van der Waals surface area contributed by atoms with Gasteiger partial charge < -0.3 is 5.11 Å². The molecule has 0 unspecified atom stereocenters. The van der Waals surface area contributed by atoms with E-state index < -0.39 is 27.2 Å². The molecule has 3 aromatic carbocycles. The molecule has 2 heterocycles. The first-order valence-corrected chi connectivity index (χ1v) is 14.8. The Hall–Kier alpha value is -4.70. The smallest absolute Gasteiger partial charge is 0.321 e. The van der Waals surface area contributed by atoms with Crippen LogP contribution in [-0.2, 0) is 14.8 Å². The summed E-state index contributed by atoms with van der Waals surface area (Å²) in [5, 5.41) is 21.4. The molecule has 0 radical (unpaired) electrons. The number of aryl methyl sites for hydroxylation is 1. The van der Waals surface area contributed by atoms with Crippen molar-refractivity contribution in [3.8, 4) is 40.3 Å². The fourth-order valence-electron chi connectivity index (χ4n) is 4.45. The quantitative estimate of drug-likeness (QED) is 0.224. The van der Waals surface area contributed by atoms with Gasteiger partial charge in [0.1, 0.15) is 22.2 Å². The Morgan fingerprint density at radius 3 is 2.46 bits per heavy atom. The predicted octanol–water partition coefficient (Wildman–Crippen LogP) is 7.06. The van der Waals surface area contributed by atoms with Gasteiger partial charge >= 0.3 is 5.97 Å². The highest BCUT2D eigenvalue weighted by molar-refractivity contribution is 7.90. The number of carboxylic acids is 1. The summed E-state index contributed by atoms with van der Waals surface area (Å²) < 4.78 is 44.5. The van der Waals surface area contributed by atoms with E-state index in [0.29, 0.717) is 32.5 Å². The number of hydrogen-bond donors (Lipinski definition) is 1. The van der Waals surface area contributed by atoms with Crippen molar-refractivity contribution in [3.05, 3.63) is 100.0 Å². The maximum absolute atomic E-state index is 14.7. The second-order valence-electron chi connectivity index (χ2n) is 10.0. The van der Waals surface area contributed by atoms with Gasteiger partial charge in [0.15, 0.2) is 0 Å². The molecular weight excluding hydrogens is 559 g/mol. The van der Waals surface area contributed by atoms with Gasteiger partial charge in [-0.1, -0.05) is 41.7 Å². The Labute approximate surface area is 241 Å². The molecule has 1 N–H and O–H groups in total. The molecule has 0 atom stereocenters. The van der Waals surface area contributed by atoms with Gasteiger partial charge in [-0.3, -0.25) is 4.79 Å². The fraction of sp³-hybridized carbons (Fsp3) is 0.125. The molecule has 2 aromatic heterocycles. The van der Waals surface area contributed by atoms with Gasteiger partial charge in [-0.05, 0) is 74.7 Å². The van der Waals surface area contributed by atoms with Gasteiger partial charge in [0.25, 0.3) is 10.0 Å². The Bertz CT molecular complexity index is 2050. The van der Waals surface area contributed by atoms with E-state index in [4.69, 9.17) is 0 Å². The second kappa shape index (κ2) is 10.4. The molecule has 5 rings (SSSR count). The molecule has 6 nitrogen and oxygen atoms in total. The Balaban J connectivity index is 1.91. The van der Waals surface area contributed by atoms with E-state index >= 15 is 0 Å². The summed E-state index contributed by atoms with van der Waals surface area (Å²) in [5.41, 5.74) is 1.84. The third kappa shape index (κ3) is 5.02. The number of fused-ring (bicyclic) bond motifs is 1. The zero-order valence-electron chi connectivity index (χ0n) is 22.3. The number of benzene rings is 3. The average Bonchev–Trinajstić information content (AvgIpc) is 3.54. The van der Waals surface area contributed by atoms with E-state index in [0.717, 1.165) is 5.56 Å². The highest BCUT2D eigenvalue weighted by atomic mass is 32.2. The van der Waals surface area contributed by atoms with Crippen LogP contribution in [0.3, 0.4) is 0 Å². The molecule has 0 saturated heterocycles. The van der Waals surface area contributed by atoms with Crippen LogP contribution in [0.25, 0.3) is 33.3 Å². The minimum absolute atomic E-state index is 0.0436. The van der Waals surface area contributed by atoms with Gasteiger partial charge in [-0.2, -0.15) is 5.26 Å². The van der Waals surface area contributed by atoms with Crippen molar-refractivity contribution in [1.82, 2.24) is 3.97 Å². The van der Waals surface area contributed by atoms with Gasteiger partial charge in [0.2, 0.25) is 0 Å². The van der Waals surface area contributed by atoms with E-state index in [9.17, 15) is 28.0 Å². The zero-order chi connectivity index (χ0) is 29.5. The summed E-state index contributed by atoms with van der Waals surface area (Å²) in [6, 6.07) is 21.0. The highest BCUT2D eigenvalue weighted by Crippen LogP contribution is 2.45. The summed E-state index contributed by atoms with van der Waals surface area (Å²) in [4.78, 5) is 12.0. The number of aromatic nitrogens is 1. The molecule has 0 saturated carbocycles. The lowest BCUT2D eigenvalue weighted by molar-refractivity contribution is -0.143. The van der Waals surface area contributed by atoms with Crippen molar-refractivity contribution in [2.45, 2.75) is 25.7 Å². The molecule has 0 amide bonds. The first-order valence-electron chi connectivity index (χ1n) is 12.5. The average molecular weight is 583 g/mol. The van der Waals surface area contributed by atoms with Crippen molar-refractivity contribution in [1.29, 1.82) is 5.26 Å². The maximum atomic E-state index is 14.7. The molecule has 9 heteroatoms. The monoisotopic (exact) mass is 582 g/mol. The molecule has 0 aliphatic rings. The number of nitriles is 1. The lowest BCUT2D eigenvalue weighted by atomic mass is 9.94. The molecule has 0 spiro atoms. The summed E-state index contributed by atoms with van der Waals surface area (Å²) in [7, 11) is -4.22. The summed E-state index contributed by atoms with van der Waals surface area (Å²) in [6.45, 7) is 4.83. The van der Waals surface area contributed by atoms with Crippen molar-refractivity contribution in [3.63, 3.8) is 0 Å². The third-order valence-electron chi connectivity index (χ3n) is 6.67. The number of aliphatic carboxylic acids is 1. The largest absolute Gasteiger partial charge is 0.480 e.